The fourth-order valence-electron chi connectivity index (χ4n) is 9.58. The lowest BCUT2D eigenvalue weighted by molar-refractivity contribution is -0.0698. The van der Waals surface area contributed by atoms with E-state index in [2.05, 4.69) is 138 Å². The molecule has 4 saturated carbocycles. The molecule has 6 atom stereocenters. The molecular formula is C68H144O8. The van der Waals surface area contributed by atoms with Crippen molar-refractivity contribution in [2.24, 2.45) is 46.8 Å². The van der Waals surface area contributed by atoms with E-state index in [-0.39, 0.29) is 5.60 Å². The van der Waals surface area contributed by atoms with Crippen LogP contribution in [0.15, 0.2) is 0 Å². The first-order chi connectivity index (χ1) is 35.6. The molecule has 4 aliphatic rings. The first-order valence-electron chi connectivity index (χ1n) is 32.2. The molecule has 8 heteroatoms. The van der Waals surface area contributed by atoms with Crippen molar-refractivity contribution in [2.75, 3.05) is 54.9 Å². The Hall–Kier alpha value is -0.320. The molecule has 4 rings (SSSR count). The fraction of sp³-hybridized carbons (Fsp3) is 1.00. The normalized spacial score (nSPS) is 19.7. The van der Waals surface area contributed by atoms with Crippen molar-refractivity contribution >= 4 is 0 Å². The summed E-state index contributed by atoms with van der Waals surface area (Å²) in [5.74, 6) is 5.29. The lowest BCUT2D eigenvalue weighted by Crippen LogP contribution is -2.28. The first kappa shape index (κ1) is 82.1. The van der Waals surface area contributed by atoms with E-state index in [1.165, 1.54) is 141 Å². The fourth-order valence-corrected chi connectivity index (χ4v) is 9.58. The summed E-state index contributed by atoms with van der Waals surface area (Å²) in [6, 6.07) is 0. The number of methoxy groups -OCH3 is 4. The van der Waals surface area contributed by atoms with Gasteiger partial charge in [-0.05, 0) is 188 Å². The number of hydrogen-bond donors (Lipinski definition) is 0. The molecule has 0 N–H and O–H groups in total. The van der Waals surface area contributed by atoms with E-state index in [4.69, 9.17) is 37.9 Å². The molecule has 0 saturated heterocycles. The Bertz CT molecular complexity index is 1120. The van der Waals surface area contributed by atoms with Crippen molar-refractivity contribution in [3.8, 4) is 0 Å². The van der Waals surface area contributed by atoms with Gasteiger partial charge in [0.2, 0.25) is 0 Å². The zero-order valence-corrected chi connectivity index (χ0v) is 56.7. The standard InChI is InChI=1S/C11H22O.C10H20O.C9H18O.C9H20O.C8H16O.C8H18O.C7H16O.C6H14O/c1-10(12-2)11-8-6-4-3-5-7-9-11;1-9(11-2)10-7-5-3-4-6-8-10;1-8(10-2)9-6-4-3-5-7-9;1-7(2)8(3)10-9(4,5)6;1-7(9-2)8-5-3-4-6-8;1-6(2)8(5)9-7(3)4;1-5-8-6-7(2,3)4;1-4-7-5-6(2)3/h10-11H,3-9H2,1-2H3;9-10H,3-8H2,1-2H3;8-9H,3-7H2,1-2H3;7-8H,1-6H3;7-8H,3-6H2,1-2H3;6-8H,1-5H3;5-6H2,1-4H3;6H,4-5H2,1-3H3. The molecule has 0 amide bonds. The summed E-state index contributed by atoms with van der Waals surface area (Å²) in [5.41, 5.74) is 0.333. The number of hydrogen-bond acceptors (Lipinski definition) is 8. The third-order valence-corrected chi connectivity index (χ3v) is 15.5. The van der Waals surface area contributed by atoms with Gasteiger partial charge >= 0.3 is 0 Å². The van der Waals surface area contributed by atoms with Gasteiger partial charge in [-0.25, -0.2) is 0 Å². The van der Waals surface area contributed by atoms with Crippen LogP contribution in [0.25, 0.3) is 0 Å². The Kier molecular flexibility index (Phi) is 57.0. The van der Waals surface area contributed by atoms with Crippen LogP contribution in [0.3, 0.4) is 0 Å². The van der Waals surface area contributed by atoms with E-state index < -0.39 is 0 Å². The molecule has 0 aromatic heterocycles. The first-order valence-corrected chi connectivity index (χ1v) is 32.2. The van der Waals surface area contributed by atoms with Gasteiger partial charge in [0.05, 0.1) is 54.9 Å². The van der Waals surface area contributed by atoms with Crippen LogP contribution in [-0.4, -0.2) is 103 Å². The molecule has 0 bridgehead atoms. The molecular weight excluding hydrogens is 945 g/mol. The van der Waals surface area contributed by atoms with Gasteiger partial charge in [0.25, 0.3) is 0 Å². The highest BCUT2D eigenvalue weighted by molar-refractivity contribution is 4.73. The van der Waals surface area contributed by atoms with Gasteiger partial charge in [0.15, 0.2) is 0 Å². The summed E-state index contributed by atoms with van der Waals surface area (Å²) >= 11 is 0. The average Bonchev–Trinajstić information content (AvgIpc) is 3.77. The van der Waals surface area contributed by atoms with Gasteiger partial charge in [-0.1, -0.05) is 152 Å². The summed E-state index contributed by atoms with van der Waals surface area (Å²) in [6.07, 6.45) is 34.1. The van der Waals surface area contributed by atoms with Gasteiger partial charge in [-0.15, -0.1) is 0 Å². The van der Waals surface area contributed by atoms with Crippen LogP contribution < -0.4 is 0 Å². The van der Waals surface area contributed by atoms with Gasteiger partial charge in [0.1, 0.15) is 0 Å². The van der Waals surface area contributed by atoms with Crippen LogP contribution >= 0.6 is 0 Å². The van der Waals surface area contributed by atoms with Crippen molar-refractivity contribution in [3.05, 3.63) is 0 Å². The Morgan fingerprint density at radius 3 is 0.789 bits per heavy atom. The molecule has 8 nitrogen and oxygen atoms in total. The van der Waals surface area contributed by atoms with E-state index >= 15 is 0 Å². The molecule has 0 radical (unpaired) electrons. The molecule has 0 heterocycles. The predicted molar refractivity (Wildman–Crippen MR) is 334 cm³/mol. The summed E-state index contributed by atoms with van der Waals surface area (Å²) in [4.78, 5) is 0. The third kappa shape index (κ3) is 55.6. The number of rotatable bonds is 18. The average molecular weight is 1090 g/mol. The maximum absolute atomic E-state index is 5.70. The largest absolute Gasteiger partial charge is 0.381 e. The lowest BCUT2D eigenvalue weighted by atomic mass is 9.86. The van der Waals surface area contributed by atoms with E-state index in [9.17, 15) is 0 Å². The van der Waals surface area contributed by atoms with Crippen LogP contribution in [0, 0.1) is 46.8 Å². The van der Waals surface area contributed by atoms with E-state index in [1.807, 2.05) is 42.3 Å². The van der Waals surface area contributed by atoms with Crippen molar-refractivity contribution < 1.29 is 37.9 Å². The highest BCUT2D eigenvalue weighted by atomic mass is 16.5. The summed E-state index contributed by atoms with van der Waals surface area (Å²) in [6.45, 7) is 50.4. The van der Waals surface area contributed by atoms with Crippen LogP contribution in [0.4, 0.5) is 0 Å². The molecule has 0 spiro atoms. The monoisotopic (exact) mass is 1090 g/mol. The highest BCUT2D eigenvalue weighted by Crippen LogP contribution is 2.30. The maximum atomic E-state index is 5.70. The minimum Gasteiger partial charge on any atom is -0.381 e. The minimum atomic E-state index is 0.00366. The number of ether oxygens (including phenoxy) is 8. The molecule has 76 heavy (non-hydrogen) atoms. The molecule has 0 aromatic rings. The SMILES string of the molecule is CC(C)C(C)OC(C)(C)C.CC(C)OC(C)C(C)C.CCOCC(C)(C)C.CCOCC(C)C.COC(C)C1CCCC1.COC(C)C1CCCCC1.COC(C)C1CCCCCC1.COC(C)C1CCCCCCC1. The van der Waals surface area contributed by atoms with E-state index in [0.717, 1.165) is 50.1 Å². The van der Waals surface area contributed by atoms with Crippen molar-refractivity contribution in [3.63, 3.8) is 0 Å². The van der Waals surface area contributed by atoms with E-state index in [1.54, 1.807) is 0 Å². The van der Waals surface area contributed by atoms with Crippen LogP contribution in [0.2, 0.25) is 0 Å². The molecule has 4 aliphatic carbocycles. The molecule has 6 unspecified atom stereocenters. The van der Waals surface area contributed by atoms with Crippen LogP contribution in [0.1, 0.15) is 294 Å². The van der Waals surface area contributed by atoms with E-state index in [0.29, 0.717) is 65.9 Å². The summed E-state index contributed by atoms with van der Waals surface area (Å²) in [7, 11) is 7.29. The Morgan fingerprint density at radius 1 is 0.368 bits per heavy atom. The quantitative estimate of drug-likeness (QED) is 0.126. The van der Waals surface area contributed by atoms with Crippen LogP contribution in [-0.2, 0) is 37.9 Å². The van der Waals surface area contributed by atoms with Crippen molar-refractivity contribution in [1.82, 2.24) is 0 Å². The van der Waals surface area contributed by atoms with Gasteiger partial charge in [0, 0.05) is 48.3 Å². The minimum absolute atomic E-state index is 0.00366. The predicted octanol–water partition coefficient (Wildman–Crippen LogP) is 20.2. The van der Waals surface area contributed by atoms with Gasteiger partial charge in [-0.3, -0.25) is 0 Å². The topological polar surface area (TPSA) is 73.8 Å². The third-order valence-electron chi connectivity index (χ3n) is 15.5. The molecule has 0 aromatic carbocycles. The van der Waals surface area contributed by atoms with Crippen LogP contribution in [0.5, 0.6) is 0 Å². The Labute approximate surface area is 479 Å². The van der Waals surface area contributed by atoms with Crippen molar-refractivity contribution in [2.45, 2.75) is 342 Å². The Balaban J connectivity index is -0.000000392. The second-order valence-electron chi connectivity index (χ2n) is 26.6. The summed E-state index contributed by atoms with van der Waals surface area (Å²) < 4.78 is 42.8. The van der Waals surface area contributed by atoms with Crippen molar-refractivity contribution in [1.29, 1.82) is 0 Å². The highest BCUT2D eigenvalue weighted by Gasteiger charge is 2.22. The smallest absolute Gasteiger partial charge is 0.0602 e. The second kappa shape index (κ2) is 52.7. The molecule has 0 aliphatic heterocycles. The maximum Gasteiger partial charge on any atom is 0.0602 e. The lowest BCUT2D eigenvalue weighted by Gasteiger charge is -2.27. The van der Waals surface area contributed by atoms with Gasteiger partial charge < -0.3 is 37.9 Å². The zero-order valence-electron chi connectivity index (χ0n) is 56.7. The molecule has 464 valence electrons. The second-order valence-corrected chi connectivity index (χ2v) is 26.6. The summed E-state index contributed by atoms with van der Waals surface area (Å²) in [5, 5.41) is 0. The molecule has 4 fully saturated rings. The van der Waals surface area contributed by atoms with Gasteiger partial charge in [-0.2, -0.15) is 0 Å². The zero-order chi connectivity index (χ0) is 59.1. The Morgan fingerprint density at radius 2 is 0.632 bits per heavy atom.